The van der Waals surface area contributed by atoms with Gasteiger partial charge >= 0.3 is 0 Å². The fraction of sp³-hybridized carbons (Fsp3) is 0.333. The molecule has 0 amide bonds. The molecule has 0 aromatic heterocycles. The van der Waals surface area contributed by atoms with E-state index in [1.165, 1.54) is 40.7 Å². The molecule has 0 atom stereocenters. The molecule has 1 aliphatic rings. The number of hydrogen-bond acceptors (Lipinski definition) is 7. The maximum absolute atomic E-state index is 12.6. The van der Waals surface area contributed by atoms with Crippen LogP contribution in [-0.2, 0) is 41.4 Å². The van der Waals surface area contributed by atoms with Crippen molar-refractivity contribution in [1.82, 2.24) is 9.03 Å². The zero-order chi connectivity index (χ0) is 22.7. The monoisotopic (exact) mass is 489 g/mol. The molecule has 13 heteroatoms. The molecule has 0 bridgehead atoms. The molecule has 1 aliphatic heterocycles. The van der Waals surface area contributed by atoms with E-state index in [-0.39, 0.29) is 22.0 Å². The zero-order valence-corrected chi connectivity index (χ0v) is 19.1. The average molecular weight is 490 g/mol. The molecule has 10 nitrogen and oxygen atoms in total. The second kappa shape index (κ2) is 9.22. The first-order valence-corrected chi connectivity index (χ1v) is 14.0. The van der Waals surface area contributed by atoms with Crippen molar-refractivity contribution in [3.63, 3.8) is 0 Å². The summed E-state index contributed by atoms with van der Waals surface area (Å²) in [6.07, 6.45) is 0.997. The molecule has 2 N–H and O–H groups in total. The lowest BCUT2D eigenvalue weighted by atomic mass is 10.2. The quantitative estimate of drug-likeness (QED) is 0.552. The molecule has 31 heavy (non-hydrogen) atoms. The molecule has 170 valence electrons. The number of nitrogens with one attached hydrogen (secondary N) is 2. The van der Waals surface area contributed by atoms with E-state index >= 15 is 0 Å². The van der Waals surface area contributed by atoms with Gasteiger partial charge in [-0.15, -0.1) is 0 Å². The van der Waals surface area contributed by atoms with Crippen LogP contribution in [-0.4, -0.2) is 62.1 Å². The van der Waals surface area contributed by atoms with Gasteiger partial charge in [0, 0.05) is 25.3 Å². The number of ether oxygens (including phenoxy) is 1. The highest BCUT2D eigenvalue weighted by atomic mass is 32.2. The zero-order valence-electron chi connectivity index (χ0n) is 16.7. The van der Waals surface area contributed by atoms with Crippen LogP contribution in [0.2, 0.25) is 0 Å². The average Bonchev–Trinajstić information content (AvgIpc) is 2.72. The third kappa shape index (κ3) is 6.24. The molecular weight excluding hydrogens is 466 g/mol. The van der Waals surface area contributed by atoms with Crippen LogP contribution in [0.25, 0.3) is 0 Å². The number of rotatable bonds is 8. The Kier molecular flexibility index (Phi) is 7.03. The van der Waals surface area contributed by atoms with Crippen molar-refractivity contribution in [2.75, 3.05) is 37.3 Å². The topological polar surface area (TPSA) is 139 Å². The van der Waals surface area contributed by atoms with Crippen LogP contribution in [0.1, 0.15) is 5.56 Å². The third-order valence-electron chi connectivity index (χ3n) is 4.47. The molecule has 0 spiro atoms. The first-order chi connectivity index (χ1) is 14.5. The van der Waals surface area contributed by atoms with Crippen molar-refractivity contribution in [2.45, 2.75) is 16.3 Å². The summed E-state index contributed by atoms with van der Waals surface area (Å²) >= 11 is 0. The SMILES string of the molecule is CS(=O)(=O)Nc1ccc(S(=O)(=O)NCc2ccc(S(=O)(=O)N3CCOCC3)cc2)cc1. The molecule has 2 aromatic carbocycles. The molecule has 3 rings (SSSR count). The van der Waals surface area contributed by atoms with E-state index in [0.29, 0.717) is 31.9 Å². The van der Waals surface area contributed by atoms with Crippen molar-refractivity contribution >= 4 is 35.8 Å². The lowest BCUT2D eigenvalue weighted by Crippen LogP contribution is -2.40. The summed E-state index contributed by atoms with van der Waals surface area (Å²) in [5, 5.41) is 0. The molecule has 0 radical (unpaired) electrons. The first-order valence-electron chi connectivity index (χ1n) is 9.22. The second-order valence-corrected chi connectivity index (χ2v) is 12.3. The summed E-state index contributed by atoms with van der Waals surface area (Å²) in [4.78, 5) is 0.105. The highest BCUT2D eigenvalue weighted by Gasteiger charge is 2.26. The van der Waals surface area contributed by atoms with E-state index in [1.54, 1.807) is 12.1 Å². The van der Waals surface area contributed by atoms with Gasteiger partial charge in [0.2, 0.25) is 30.1 Å². The molecule has 1 fully saturated rings. The van der Waals surface area contributed by atoms with Gasteiger partial charge < -0.3 is 4.74 Å². The van der Waals surface area contributed by atoms with Crippen LogP contribution in [0.15, 0.2) is 58.3 Å². The predicted molar refractivity (Wildman–Crippen MR) is 115 cm³/mol. The number of nitrogens with zero attached hydrogens (tertiary/aromatic N) is 1. The largest absolute Gasteiger partial charge is 0.379 e. The minimum atomic E-state index is -3.84. The summed E-state index contributed by atoms with van der Waals surface area (Å²) in [6.45, 7) is 1.25. The van der Waals surface area contributed by atoms with Gasteiger partial charge in [-0.1, -0.05) is 12.1 Å². The molecule has 0 saturated carbocycles. The minimum Gasteiger partial charge on any atom is -0.379 e. The molecule has 2 aromatic rings. The van der Waals surface area contributed by atoms with Crippen LogP contribution < -0.4 is 9.44 Å². The van der Waals surface area contributed by atoms with Gasteiger partial charge in [-0.05, 0) is 42.0 Å². The summed E-state index contributed by atoms with van der Waals surface area (Å²) in [5.41, 5.74) is 0.832. The molecule has 0 aliphatic carbocycles. The van der Waals surface area contributed by atoms with Gasteiger partial charge in [0.15, 0.2) is 0 Å². The Morgan fingerprint density at radius 1 is 0.839 bits per heavy atom. The summed E-state index contributed by atoms with van der Waals surface area (Å²) in [5.74, 6) is 0. The number of benzene rings is 2. The molecule has 0 unspecified atom stereocenters. The van der Waals surface area contributed by atoms with Crippen LogP contribution >= 0.6 is 0 Å². The lowest BCUT2D eigenvalue weighted by molar-refractivity contribution is 0.0730. The Morgan fingerprint density at radius 2 is 1.39 bits per heavy atom. The summed E-state index contributed by atoms with van der Waals surface area (Å²) < 4.78 is 83.9. The first kappa shape index (κ1) is 23.6. The molecular formula is C18H23N3O7S3. The Bertz CT molecular complexity index is 1220. The fourth-order valence-electron chi connectivity index (χ4n) is 2.89. The van der Waals surface area contributed by atoms with Gasteiger partial charge in [-0.25, -0.2) is 30.0 Å². The number of sulfonamides is 3. The van der Waals surface area contributed by atoms with Crippen LogP contribution in [0, 0.1) is 0 Å². The van der Waals surface area contributed by atoms with E-state index in [0.717, 1.165) is 6.26 Å². The predicted octanol–water partition coefficient (Wildman–Crippen LogP) is 0.558. The highest BCUT2D eigenvalue weighted by molar-refractivity contribution is 7.92. The van der Waals surface area contributed by atoms with Gasteiger partial charge in [0.05, 0.1) is 29.3 Å². The van der Waals surface area contributed by atoms with Gasteiger partial charge in [0.1, 0.15) is 0 Å². The van der Waals surface area contributed by atoms with Crippen molar-refractivity contribution in [3.05, 3.63) is 54.1 Å². The van der Waals surface area contributed by atoms with Crippen LogP contribution in [0.3, 0.4) is 0 Å². The van der Waals surface area contributed by atoms with Crippen molar-refractivity contribution in [2.24, 2.45) is 0 Å². The third-order valence-corrected chi connectivity index (χ3v) is 8.40. The Morgan fingerprint density at radius 3 is 1.94 bits per heavy atom. The Hall–Kier alpha value is -2.03. The van der Waals surface area contributed by atoms with Crippen molar-refractivity contribution in [3.8, 4) is 0 Å². The molecule has 1 saturated heterocycles. The van der Waals surface area contributed by atoms with Gasteiger partial charge in [-0.2, -0.15) is 4.31 Å². The standard InChI is InChI=1S/C18H23N3O7S3/c1-29(22,23)20-16-4-8-17(9-5-16)30(24,25)19-14-15-2-6-18(7-3-15)31(26,27)21-10-12-28-13-11-21/h2-9,19-20H,10-14H2,1H3. The van der Waals surface area contributed by atoms with Crippen LogP contribution in [0.4, 0.5) is 5.69 Å². The maximum Gasteiger partial charge on any atom is 0.243 e. The minimum absolute atomic E-state index is 0.0296. The fourth-order valence-corrected chi connectivity index (χ4v) is 5.88. The Labute approximate surface area is 182 Å². The van der Waals surface area contributed by atoms with E-state index in [2.05, 4.69) is 9.44 Å². The van der Waals surface area contributed by atoms with Crippen molar-refractivity contribution in [1.29, 1.82) is 0 Å². The van der Waals surface area contributed by atoms with E-state index < -0.39 is 30.1 Å². The lowest BCUT2D eigenvalue weighted by Gasteiger charge is -2.26. The smallest absolute Gasteiger partial charge is 0.243 e. The Balaban J connectivity index is 1.65. The number of anilines is 1. The van der Waals surface area contributed by atoms with Gasteiger partial charge in [0.25, 0.3) is 0 Å². The van der Waals surface area contributed by atoms with E-state index in [1.807, 2.05) is 0 Å². The molecule has 1 heterocycles. The van der Waals surface area contributed by atoms with E-state index in [9.17, 15) is 25.3 Å². The summed E-state index contributed by atoms with van der Waals surface area (Å²) in [6, 6.07) is 11.3. The second-order valence-electron chi connectivity index (χ2n) is 6.88. The summed E-state index contributed by atoms with van der Waals surface area (Å²) in [7, 11) is -10.9. The van der Waals surface area contributed by atoms with E-state index in [4.69, 9.17) is 4.74 Å². The maximum atomic E-state index is 12.6. The normalized spacial score (nSPS) is 16.2. The van der Waals surface area contributed by atoms with Crippen molar-refractivity contribution < 1.29 is 30.0 Å². The van der Waals surface area contributed by atoms with Crippen LogP contribution in [0.5, 0.6) is 0 Å². The number of hydrogen-bond donors (Lipinski definition) is 2. The highest BCUT2D eigenvalue weighted by Crippen LogP contribution is 2.19. The number of morpholine rings is 1. The van der Waals surface area contributed by atoms with Gasteiger partial charge in [-0.3, -0.25) is 4.72 Å².